The van der Waals surface area contributed by atoms with Gasteiger partial charge in [-0.05, 0) is 75.5 Å². The molecule has 2 aliphatic rings. The molecule has 0 spiro atoms. The van der Waals surface area contributed by atoms with Gasteiger partial charge in [-0.15, -0.1) is 0 Å². The van der Waals surface area contributed by atoms with Crippen LogP contribution in [0.4, 0.5) is 0 Å². The zero-order chi connectivity index (χ0) is 26.8. The van der Waals surface area contributed by atoms with Crippen molar-refractivity contribution in [1.29, 1.82) is 0 Å². The van der Waals surface area contributed by atoms with Gasteiger partial charge in [0.05, 0.1) is 5.41 Å². The van der Waals surface area contributed by atoms with E-state index in [1.807, 2.05) is 0 Å². The van der Waals surface area contributed by atoms with Gasteiger partial charge < -0.3 is 0 Å². The Balaban J connectivity index is 1.75. The summed E-state index contributed by atoms with van der Waals surface area (Å²) in [4.78, 5) is 0. The van der Waals surface area contributed by atoms with E-state index in [-0.39, 0.29) is 5.41 Å². The molecular formula is C39H40. The number of rotatable bonds is 6. The molecule has 0 heterocycles. The molecule has 0 aliphatic heterocycles. The second kappa shape index (κ2) is 10.9. The van der Waals surface area contributed by atoms with Crippen molar-refractivity contribution in [1.82, 2.24) is 0 Å². The highest BCUT2D eigenvalue weighted by Gasteiger charge is 2.47. The van der Waals surface area contributed by atoms with Crippen molar-refractivity contribution in [2.75, 3.05) is 0 Å². The fraction of sp³-hybridized carbons (Fsp3) is 0.282. The first-order valence-electron chi connectivity index (χ1n) is 14.8. The summed E-state index contributed by atoms with van der Waals surface area (Å²) in [5.41, 5.74) is 9.36. The van der Waals surface area contributed by atoms with Crippen molar-refractivity contribution in [3.63, 3.8) is 0 Å². The van der Waals surface area contributed by atoms with Gasteiger partial charge in [0.2, 0.25) is 0 Å². The first-order valence-corrected chi connectivity index (χ1v) is 14.8. The van der Waals surface area contributed by atoms with Gasteiger partial charge in [-0.1, -0.05) is 155 Å². The third kappa shape index (κ3) is 4.61. The van der Waals surface area contributed by atoms with Crippen molar-refractivity contribution in [3.8, 4) is 0 Å². The zero-order valence-electron chi connectivity index (χ0n) is 23.6. The van der Waals surface area contributed by atoms with Gasteiger partial charge in [0.15, 0.2) is 0 Å². The van der Waals surface area contributed by atoms with Crippen LogP contribution in [0.15, 0.2) is 133 Å². The van der Waals surface area contributed by atoms with E-state index >= 15 is 0 Å². The maximum Gasteiger partial charge on any atom is 0.0650 e. The predicted octanol–water partition coefficient (Wildman–Crippen LogP) is 10.2. The molecule has 0 amide bonds. The monoisotopic (exact) mass is 508 g/mol. The van der Waals surface area contributed by atoms with Gasteiger partial charge in [-0.2, -0.15) is 0 Å². The van der Waals surface area contributed by atoms with Crippen molar-refractivity contribution in [2.24, 2.45) is 23.7 Å². The quantitative estimate of drug-likeness (QED) is 0.243. The molecule has 39 heavy (non-hydrogen) atoms. The van der Waals surface area contributed by atoms with E-state index in [9.17, 15) is 0 Å². The van der Waals surface area contributed by atoms with Crippen LogP contribution in [0.25, 0.3) is 11.1 Å². The summed E-state index contributed by atoms with van der Waals surface area (Å²) in [5, 5.41) is 0. The Bertz CT molecular complexity index is 1400. The molecule has 3 unspecified atom stereocenters. The van der Waals surface area contributed by atoms with Crippen LogP contribution in [-0.2, 0) is 5.41 Å². The molecule has 0 saturated heterocycles. The summed E-state index contributed by atoms with van der Waals surface area (Å²) in [5.74, 6) is 2.62. The normalized spacial score (nSPS) is 22.7. The number of hydrogen-bond donors (Lipinski definition) is 0. The molecule has 3 atom stereocenters. The molecule has 1 saturated carbocycles. The van der Waals surface area contributed by atoms with E-state index in [1.165, 1.54) is 52.7 Å². The Morgan fingerprint density at radius 3 is 1.62 bits per heavy atom. The summed E-state index contributed by atoms with van der Waals surface area (Å²) in [7, 11) is 0. The average molecular weight is 509 g/mol. The Morgan fingerprint density at radius 2 is 1.10 bits per heavy atom. The molecule has 1 fully saturated rings. The van der Waals surface area contributed by atoms with Crippen LogP contribution in [0, 0.1) is 23.7 Å². The average Bonchev–Trinajstić information content (AvgIpc) is 3.36. The van der Waals surface area contributed by atoms with Gasteiger partial charge in [0.25, 0.3) is 0 Å². The van der Waals surface area contributed by atoms with Crippen molar-refractivity contribution < 1.29 is 0 Å². The van der Waals surface area contributed by atoms with E-state index in [2.05, 4.69) is 148 Å². The molecule has 2 aliphatic carbocycles. The summed E-state index contributed by atoms with van der Waals surface area (Å²) in [6.45, 7) is 7.34. The van der Waals surface area contributed by atoms with Crippen LogP contribution in [0.3, 0.4) is 0 Å². The largest absolute Gasteiger partial charge is 0.0650 e. The molecule has 4 aromatic carbocycles. The molecule has 196 valence electrons. The van der Waals surface area contributed by atoms with Crippen LogP contribution in [0.2, 0.25) is 0 Å². The maximum absolute atomic E-state index is 2.69. The first-order chi connectivity index (χ1) is 19.1. The van der Waals surface area contributed by atoms with E-state index in [4.69, 9.17) is 0 Å². The predicted molar refractivity (Wildman–Crippen MR) is 166 cm³/mol. The van der Waals surface area contributed by atoms with E-state index in [0.29, 0.717) is 17.8 Å². The third-order valence-corrected chi connectivity index (χ3v) is 9.31. The van der Waals surface area contributed by atoms with Crippen LogP contribution in [0.1, 0.15) is 62.3 Å². The first kappa shape index (κ1) is 25.6. The van der Waals surface area contributed by atoms with Crippen molar-refractivity contribution in [2.45, 2.75) is 45.4 Å². The molecule has 4 aromatic rings. The Morgan fingerprint density at radius 1 is 0.615 bits per heavy atom. The molecule has 0 nitrogen and oxygen atoms in total. The summed E-state index contributed by atoms with van der Waals surface area (Å²) in [6.07, 6.45) is 6.60. The molecule has 0 heteroatoms. The number of benzene rings is 4. The zero-order valence-corrected chi connectivity index (χ0v) is 23.6. The van der Waals surface area contributed by atoms with Gasteiger partial charge in [-0.25, -0.2) is 0 Å². The lowest BCUT2D eigenvalue weighted by atomic mass is 9.66. The number of hydrogen-bond acceptors (Lipinski definition) is 0. The molecular weight excluding hydrogens is 468 g/mol. The second-order valence-electron chi connectivity index (χ2n) is 12.1. The highest BCUT2D eigenvalue weighted by atomic mass is 14.5. The standard InChI is InChI=1S/C39H40/c1-28(2)34-25-24-29(3)26-35(34)36-27-39(32-20-12-6-13-21-32,33-22-14-7-15-23-33)38(31-18-10-5-11-19-31)37(36)30-16-8-4-9-17-30/h4-23,27-29,34-35H,24-26H2,1-3H3. The highest BCUT2D eigenvalue weighted by molar-refractivity contribution is 6.08. The molecule has 0 aromatic heterocycles. The Labute approximate surface area is 235 Å². The van der Waals surface area contributed by atoms with Crippen molar-refractivity contribution >= 4 is 11.1 Å². The SMILES string of the molecule is CC1CCC(C(C)C)C(C2=CC(c3ccccc3)(c3ccccc3)C(c3ccccc3)=C2c2ccccc2)C1. The molecule has 0 N–H and O–H groups in total. The van der Waals surface area contributed by atoms with Crippen molar-refractivity contribution in [3.05, 3.63) is 155 Å². The summed E-state index contributed by atoms with van der Waals surface area (Å²) >= 11 is 0. The van der Waals surface area contributed by atoms with E-state index in [0.717, 1.165) is 5.92 Å². The minimum atomic E-state index is -0.368. The third-order valence-electron chi connectivity index (χ3n) is 9.31. The lowest BCUT2D eigenvalue weighted by Crippen LogP contribution is -2.29. The molecule has 0 bridgehead atoms. The Hall–Kier alpha value is -3.64. The minimum Gasteiger partial charge on any atom is -0.0625 e. The summed E-state index contributed by atoms with van der Waals surface area (Å²) in [6, 6.07) is 44.8. The smallest absolute Gasteiger partial charge is 0.0625 e. The van der Waals surface area contributed by atoms with Gasteiger partial charge in [0.1, 0.15) is 0 Å². The summed E-state index contributed by atoms with van der Waals surface area (Å²) < 4.78 is 0. The highest BCUT2D eigenvalue weighted by Crippen LogP contribution is 2.59. The lowest BCUT2D eigenvalue weighted by Gasteiger charge is -2.39. The fourth-order valence-electron chi connectivity index (χ4n) is 7.49. The van der Waals surface area contributed by atoms with Crippen LogP contribution < -0.4 is 0 Å². The van der Waals surface area contributed by atoms with E-state index < -0.39 is 0 Å². The van der Waals surface area contributed by atoms with Crippen LogP contribution >= 0.6 is 0 Å². The van der Waals surface area contributed by atoms with E-state index in [1.54, 1.807) is 5.57 Å². The molecule has 6 rings (SSSR count). The minimum absolute atomic E-state index is 0.368. The van der Waals surface area contributed by atoms with Gasteiger partial charge >= 0.3 is 0 Å². The lowest BCUT2D eigenvalue weighted by molar-refractivity contribution is 0.173. The van der Waals surface area contributed by atoms with Crippen LogP contribution in [0.5, 0.6) is 0 Å². The van der Waals surface area contributed by atoms with Gasteiger partial charge in [-0.3, -0.25) is 0 Å². The topological polar surface area (TPSA) is 0 Å². The maximum atomic E-state index is 2.69. The van der Waals surface area contributed by atoms with Crippen LogP contribution in [-0.4, -0.2) is 0 Å². The van der Waals surface area contributed by atoms with Gasteiger partial charge in [0, 0.05) is 0 Å². The molecule has 0 radical (unpaired) electrons. The number of allylic oxidation sites excluding steroid dienone is 4. The Kier molecular flexibility index (Phi) is 7.13. The second-order valence-corrected chi connectivity index (χ2v) is 12.1. The fourth-order valence-corrected chi connectivity index (χ4v) is 7.49.